The lowest BCUT2D eigenvalue weighted by molar-refractivity contribution is -0.142. The molecule has 0 radical (unpaired) electrons. The third kappa shape index (κ3) is 9.94. The Hall–Kier alpha value is -2.24. The van der Waals surface area contributed by atoms with Gasteiger partial charge in [0.15, 0.2) is 0 Å². The molecule has 190 valence electrons. The smallest absolute Gasteiger partial charge is 0.326 e. The summed E-state index contributed by atoms with van der Waals surface area (Å²) in [4.78, 5) is 49.9. The highest BCUT2D eigenvalue weighted by Crippen LogP contribution is 2.09. The molecule has 0 saturated heterocycles. The summed E-state index contributed by atoms with van der Waals surface area (Å²) in [6, 6.07) is 5.22. The fourth-order valence-corrected chi connectivity index (χ4v) is 3.80. The number of benzene rings is 1. The first-order chi connectivity index (χ1) is 16.1. The van der Waals surface area contributed by atoms with Crippen molar-refractivity contribution in [1.29, 1.82) is 0 Å². The molecular formula is C23H36N4O5S2. The zero-order chi connectivity index (χ0) is 25.7. The first kappa shape index (κ1) is 29.8. The van der Waals surface area contributed by atoms with Crippen LogP contribution in [0.15, 0.2) is 30.3 Å². The zero-order valence-electron chi connectivity index (χ0n) is 19.8. The van der Waals surface area contributed by atoms with Gasteiger partial charge in [0.2, 0.25) is 17.7 Å². The summed E-state index contributed by atoms with van der Waals surface area (Å²) in [5.74, 6) is -2.43. The number of carboxylic acids is 1. The fourth-order valence-electron chi connectivity index (χ4n) is 3.07. The molecule has 1 aromatic rings. The summed E-state index contributed by atoms with van der Waals surface area (Å²) in [5.41, 5.74) is 6.85. The molecule has 0 spiro atoms. The van der Waals surface area contributed by atoms with Crippen LogP contribution in [0, 0.1) is 5.92 Å². The predicted molar refractivity (Wildman–Crippen MR) is 138 cm³/mol. The topological polar surface area (TPSA) is 151 Å². The predicted octanol–water partition coefficient (Wildman–Crippen LogP) is 0.824. The highest BCUT2D eigenvalue weighted by atomic mass is 32.2. The van der Waals surface area contributed by atoms with Gasteiger partial charge in [-0.05, 0) is 29.9 Å². The molecule has 5 atom stereocenters. The maximum atomic E-state index is 13.1. The van der Waals surface area contributed by atoms with E-state index in [1.54, 1.807) is 0 Å². The van der Waals surface area contributed by atoms with Gasteiger partial charge >= 0.3 is 5.97 Å². The van der Waals surface area contributed by atoms with E-state index >= 15 is 0 Å². The number of amides is 3. The molecule has 0 heterocycles. The van der Waals surface area contributed by atoms with Gasteiger partial charge in [-0.2, -0.15) is 24.4 Å². The lowest BCUT2D eigenvalue weighted by Crippen LogP contribution is -2.58. The Bertz CT molecular complexity index is 812. The van der Waals surface area contributed by atoms with Crippen LogP contribution in [0.2, 0.25) is 0 Å². The number of carbonyl (C=O) groups is 4. The minimum atomic E-state index is -1.15. The van der Waals surface area contributed by atoms with Crippen molar-refractivity contribution < 1.29 is 24.3 Å². The van der Waals surface area contributed by atoms with Crippen molar-refractivity contribution in [2.24, 2.45) is 11.7 Å². The van der Waals surface area contributed by atoms with Crippen molar-refractivity contribution in [2.75, 3.05) is 17.8 Å². The maximum Gasteiger partial charge on any atom is 0.326 e. The minimum Gasteiger partial charge on any atom is -0.480 e. The van der Waals surface area contributed by atoms with Crippen LogP contribution in [0.25, 0.3) is 0 Å². The number of hydrogen-bond acceptors (Lipinski definition) is 7. The normalized spacial score (nSPS) is 15.3. The first-order valence-electron chi connectivity index (χ1n) is 11.2. The van der Waals surface area contributed by atoms with Gasteiger partial charge in [-0.1, -0.05) is 50.6 Å². The summed E-state index contributed by atoms with van der Waals surface area (Å²) >= 11 is 5.62. The van der Waals surface area contributed by atoms with Gasteiger partial charge in [0.05, 0.1) is 6.04 Å². The van der Waals surface area contributed by atoms with Gasteiger partial charge < -0.3 is 26.8 Å². The molecule has 11 heteroatoms. The van der Waals surface area contributed by atoms with Gasteiger partial charge in [-0.15, -0.1) is 0 Å². The van der Waals surface area contributed by atoms with Crippen LogP contribution < -0.4 is 21.7 Å². The largest absolute Gasteiger partial charge is 0.480 e. The lowest BCUT2D eigenvalue weighted by atomic mass is 9.98. The summed E-state index contributed by atoms with van der Waals surface area (Å²) in [5, 5.41) is 17.1. The number of aliphatic carboxylic acids is 1. The Morgan fingerprint density at radius 1 is 1.00 bits per heavy atom. The number of carbonyl (C=O) groups excluding carboxylic acids is 3. The van der Waals surface area contributed by atoms with Crippen molar-refractivity contribution in [3.8, 4) is 0 Å². The van der Waals surface area contributed by atoms with Crippen LogP contribution in [0.5, 0.6) is 0 Å². The summed E-state index contributed by atoms with van der Waals surface area (Å²) in [6.45, 7) is 3.78. The SMILES string of the molecule is CCC(C)C(N)C(=O)NC(Cc1ccccc1)C(=O)NC(CS)C(=O)NC(CCSC)C(=O)O. The molecule has 9 nitrogen and oxygen atoms in total. The number of carboxylic acid groups (broad SMARTS) is 1. The molecule has 5 unspecified atom stereocenters. The fraction of sp³-hybridized carbons (Fsp3) is 0.565. The second kappa shape index (κ2) is 15.6. The van der Waals surface area contributed by atoms with Crippen molar-refractivity contribution >= 4 is 48.1 Å². The quantitative estimate of drug-likeness (QED) is 0.190. The number of rotatable bonds is 15. The molecule has 0 aliphatic heterocycles. The molecular weight excluding hydrogens is 476 g/mol. The zero-order valence-corrected chi connectivity index (χ0v) is 21.5. The molecule has 0 aliphatic carbocycles. The van der Waals surface area contributed by atoms with E-state index in [4.69, 9.17) is 5.73 Å². The number of hydrogen-bond donors (Lipinski definition) is 6. The van der Waals surface area contributed by atoms with Crippen LogP contribution in [-0.4, -0.2) is 70.7 Å². The van der Waals surface area contributed by atoms with E-state index in [0.717, 1.165) is 5.56 Å². The van der Waals surface area contributed by atoms with E-state index in [1.165, 1.54) is 11.8 Å². The first-order valence-corrected chi connectivity index (χ1v) is 13.2. The van der Waals surface area contributed by atoms with Gasteiger partial charge in [0, 0.05) is 12.2 Å². The highest BCUT2D eigenvalue weighted by Gasteiger charge is 2.30. The molecule has 0 aromatic heterocycles. The number of thioether (sulfide) groups is 1. The monoisotopic (exact) mass is 512 g/mol. The number of nitrogens with one attached hydrogen (secondary N) is 3. The van der Waals surface area contributed by atoms with Crippen LogP contribution in [-0.2, 0) is 25.6 Å². The van der Waals surface area contributed by atoms with Gasteiger partial charge in [-0.3, -0.25) is 14.4 Å². The van der Waals surface area contributed by atoms with Crippen LogP contribution >= 0.6 is 24.4 Å². The second-order valence-corrected chi connectivity index (χ2v) is 9.44. The Morgan fingerprint density at radius 2 is 1.56 bits per heavy atom. The van der Waals surface area contributed by atoms with Gasteiger partial charge in [0.1, 0.15) is 18.1 Å². The number of nitrogens with two attached hydrogens (primary N) is 1. The molecule has 3 amide bonds. The molecule has 34 heavy (non-hydrogen) atoms. The highest BCUT2D eigenvalue weighted by molar-refractivity contribution is 7.98. The van der Waals surface area contributed by atoms with E-state index in [2.05, 4.69) is 28.6 Å². The third-order valence-corrected chi connectivity index (χ3v) is 6.53. The van der Waals surface area contributed by atoms with Crippen LogP contribution in [0.3, 0.4) is 0 Å². The minimum absolute atomic E-state index is 0.0508. The van der Waals surface area contributed by atoms with Crippen LogP contribution in [0.1, 0.15) is 32.3 Å². The third-order valence-electron chi connectivity index (χ3n) is 5.52. The average molecular weight is 513 g/mol. The summed E-state index contributed by atoms with van der Waals surface area (Å²) in [7, 11) is 0. The Morgan fingerprint density at radius 3 is 2.09 bits per heavy atom. The second-order valence-electron chi connectivity index (χ2n) is 8.09. The standard InChI is InChI=1S/C23H36N4O5S2/c1-4-14(2)19(24)22(30)26-17(12-15-8-6-5-7-9-15)20(28)27-18(13-33)21(29)25-16(23(31)32)10-11-34-3/h5-9,14,16-19,33H,4,10-13,24H2,1-3H3,(H,25,29)(H,26,30)(H,27,28)(H,31,32). The molecule has 1 aromatic carbocycles. The molecule has 0 aliphatic rings. The molecule has 0 saturated carbocycles. The van der Waals surface area contributed by atoms with Crippen molar-refractivity contribution in [2.45, 2.75) is 57.3 Å². The number of thiol groups is 1. The lowest BCUT2D eigenvalue weighted by Gasteiger charge is -2.25. The van der Waals surface area contributed by atoms with E-state index in [0.29, 0.717) is 12.2 Å². The Kier molecular flexibility index (Phi) is 13.7. The van der Waals surface area contributed by atoms with Gasteiger partial charge in [-0.25, -0.2) is 4.79 Å². The van der Waals surface area contributed by atoms with E-state index in [1.807, 2.05) is 50.4 Å². The van der Waals surface area contributed by atoms with Gasteiger partial charge in [0.25, 0.3) is 0 Å². The summed E-state index contributed by atoms with van der Waals surface area (Å²) < 4.78 is 0. The van der Waals surface area contributed by atoms with Crippen molar-refractivity contribution in [1.82, 2.24) is 16.0 Å². The maximum absolute atomic E-state index is 13.1. The molecule has 1 rings (SSSR count). The van der Waals surface area contributed by atoms with E-state index in [9.17, 15) is 24.3 Å². The Balaban J connectivity index is 2.97. The summed E-state index contributed by atoms with van der Waals surface area (Å²) in [6.07, 6.45) is 2.98. The molecule has 0 bridgehead atoms. The van der Waals surface area contributed by atoms with E-state index < -0.39 is 47.9 Å². The molecule has 6 N–H and O–H groups in total. The van der Waals surface area contributed by atoms with E-state index in [-0.39, 0.29) is 24.5 Å². The molecule has 0 fully saturated rings. The van der Waals surface area contributed by atoms with Crippen molar-refractivity contribution in [3.63, 3.8) is 0 Å². The average Bonchev–Trinajstić information content (AvgIpc) is 2.83. The van der Waals surface area contributed by atoms with Crippen molar-refractivity contribution in [3.05, 3.63) is 35.9 Å². The van der Waals surface area contributed by atoms with Crippen LogP contribution in [0.4, 0.5) is 0 Å². The Labute approximate surface area is 210 Å².